The van der Waals surface area contributed by atoms with E-state index in [1.165, 1.54) is 6.07 Å². The standard InChI is InChI=1S/C21H17FN4O/c1-26-13-12-23-20(26)19(15-7-3-4-8-16(15)22)25-21(27)18-11-10-14-6-2-5-9-17(14)24-18/h2-13,19H,1H3,(H,25,27). The van der Waals surface area contributed by atoms with Crippen LogP contribution in [0.2, 0.25) is 0 Å². The van der Waals surface area contributed by atoms with Crippen molar-refractivity contribution in [3.8, 4) is 0 Å². The average molecular weight is 360 g/mol. The summed E-state index contributed by atoms with van der Waals surface area (Å²) in [6.45, 7) is 0. The van der Waals surface area contributed by atoms with E-state index < -0.39 is 17.8 Å². The number of pyridine rings is 1. The van der Waals surface area contributed by atoms with Crippen molar-refractivity contribution in [3.63, 3.8) is 0 Å². The van der Waals surface area contributed by atoms with Crippen LogP contribution in [0.25, 0.3) is 10.9 Å². The Morgan fingerprint density at radius 3 is 2.63 bits per heavy atom. The number of amides is 1. The molecule has 27 heavy (non-hydrogen) atoms. The van der Waals surface area contributed by atoms with Crippen molar-refractivity contribution in [2.75, 3.05) is 0 Å². The Morgan fingerprint density at radius 2 is 1.85 bits per heavy atom. The maximum atomic E-state index is 14.4. The van der Waals surface area contributed by atoms with E-state index in [-0.39, 0.29) is 5.69 Å². The second-order valence-corrected chi connectivity index (χ2v) is 6.21. The summed E-state index contributed by atoms with van der Waals surface area (Å²) in [5.74, 6) is -0.261. The number of aromatic nitrogens is 3. The first-order valence-electron chi connectivity index (χ1n) is 8.52. The van der Waals surface area contributed by atoms with Crippen LogP contribution >= 0.6 is 0 Å². The molecule has 0 radical (unpaired) electrons. The number of halogens is 1. The second-order valence-electron chi connectivity index (χ2n) is 6.21. The zero-order valence-corrected chi connectivity index (χ0v) is 14.6. The number of fused-ring (bicyclic) bond motifs is 1. The Balaban J connectivity index is 1.71. The first-order chi connectivity index (χ1) is 13.1. The summed E-state index contributed by atoms with van der Waals surface area (Å²) >= 11 is 0. The Labute approximate surface area is 155 Å². The van der Waals surface area contributed by atoms with E-state index in [0.717, 1.165) is 10.9 Å². The number of rotatable bonds is 4. The van der Waals surface area contributed by atoms with E-state index in [9.17, 15) is 9.18 Å². The summed E-state index contributed by atoms with van der Waals surface area (Å²) in [6.07, 6.45) is 3.37. The molecule has 1 N–H and O–H groups in total. The lowest BCUT2D eigenvalue weighted by atomic mass is 10.0. The third-order valence-corrected chi connectivity index (χ3v) is 4.44. The normalized spacial score (nSPS) is 12.1. The molecule has 0 spiro atoms. The number of hydrogen-bond donors (Lipinski definition) is 1. The molecular weight excluding hydrogens is 343 g/mol. The number of para-hydroxylation sites is 1. The Morgan fingerprint density at radius 1 is 1.07 bits per heavy atom. The van der Waals surface area contributed by atoms with Crippen LogP contribution in [0.3, 0.4) is 0 Å². The van der Waals surface area contributed by atoms with Crippen LogP contribution in [-0.4, -0.2) is 20.4 Å². The number of nitrogens with zero attached hydrogens (tertiary/aromatic N) is 3. The first-order valence-corrected chi connectivity index (χ1v) is 8.52. The van der Waals surface area contributed by atoms with Crippen molar-refractivity contribution < 1.29 is 9.18 Å². The van der Waals surface area contributed by atoms with E-state index in [4.69, 9.17) is 0 Å². The maximum Gasteiger partial charge on any atom is 0.270 e. The first kappa shape index (κ1) is 16.9. The highest BCUT2D eigenvalue weighted by Gasteiger charge is 2.24. The van der Waals surface area contributed by atoms with Gasteiger partial charge in [0.15, 0.2) is 0 Å². The molecule has 5 nitrogen and oxygen atoms in total. The Hall–Kier alpha value is -3.54. The minimum absolute atomic E-state index is 0.268. The predicted octanol–water partition coefficient (Wildman–Crippen LogP) is 3.63. The van der Waals surface area contributed by atoms with Gasteiger partial charge < -0.3 is 9.88 Å². The second kappa shape index (κ2) is 6.99. The van der Waals surface area contributed by atoms with Crippen molar-refractivity contribution in [3.05, 3.63) is 96.0 Å². The summed E-state index contributed by atoms with van der Waals surface area (Å²) in [5.41, 5.74) is 1.34. The molecule has 2 aromatic carbocycles. The number of carbonyl (C=O) groups is 1. The SMILES string of the molecule is Cn1ccnc1C(NC(=O)c1ccc2ccccc2n1)c1ccccc1F. The Kier molecular flexibility index (Phi) is 4.38. The highest BCUT2D eigenvalue weighted by Crippen LogP contribution is 2.23. The molecule has 1 atom stereocenters. The number of imidazole rings is 1. The van der Waals surface area contributed by atoms with Crippen LogP contribution in [0.15, 0.2) is 73.1 Å². The van der Waals surface area contributed by atoms with Crippen LogP contribution in [0.1, 0.15) is 27.9 Å². The molecule has 134 valence electrons. The van der Waals surface area contributed by atoms with Gasteiger partial charge in [0.2, 0.25) is 0 Å². The average Bonchev–Trinajstić information content (AvgIpc) is 3.12. The fourth-order valence-electron chi connectivity index (χ4n) is 3.04. The summed E-state index contributed by atoms with van der Waals surface area (Å²) < 4.78 is 16.2. The number of aryl methyl sites for hydroxylation is 1. The molecule has 0 aliphatic carbocycles. The lowest BCUT2D eigenvalue weighted by Crippen LogP contribution is -2.32. The monoisotopic (exact) mass is 360 g/mol. The summed E-state index contributed by atoms with van der Waals surface area (Å²) in [6, 6.07) is 16.7. The number of nitrogens with one attached hydrogen (secondary N) is 1. The van der Waals surface area contributed by atoms with Crippen molar-refractivity contribution in [1.29, 1.82) is 0 Å². The van der Waals surface area contributed by atoms with E-state index in [2.05, 4.69) is 15.3 Å². The van der Waals surface area contributed by atoms with Gasteiger partial charge in [0.25, 0.3) is 5.91 Å². The lowest BCUT2D eigenvalue weighted by Gasteiger charge is -2.19. The van der Waals surface area contributed by atoms with Crippen LogP contribution in [0.5, 0.6) is 0 Å². The van der Waals surface area contributed by atoms with Gasteiger partial charge in [-0.05, 0) is 18.2 Å². The van der Waals surface area contributed by atoms with Gasteiger partial charge >= 0.3 is 0 Å². The molecule has 2 heterocycles. The molecule has 4 rings (SSSR count). The van der Waals surface area contributed by atoms with E-state index in [1.54, 1.807) is 48.3 Å². The fraction of sp³-hybridized carbons (Fsp3) is 0.0952. The van der Waals surface area contributed by atoms with E-state index >= 15 is 0 Å². The molecular formula is C21H17FN4O. The van der Waals surface area contributed by atoms with Crippen molar-refractivity contribution >= 4 is 16.8 Å². The molecule has 0 aliphatic rings. The molecule has 0 fully saturated rings. The van der Waals surface area contributed by atoms with Crippen molar-refractivity contribution in [1.82, 2.24) is 19.9 Å². The van der Waals surface area contributed by atoms with Gasteiger partial charge in [0.1, 0.15) is 23.4 Å². The molecule has 0 aliphatic heterocycles. The molecule has 2 aromatic heterocycles. The van der Waals surface area contributed by atoms with Gasteiger partial charge in [0.05, 0.1) is 5.52 Å². The van der Waals surface area contributed by atoms with Crippen molar-refractivity contribution in [2.45, 2.75) is 6.04 Å². The van der Waals surface area contributed by atoms with Gasteiger partial charge in [-0.2, -0.15) is 0 Å². The van der Waals surface area contributed by atoms with E-state index in [1.807, 2.05) is 30.3 Å². The fourth-order valence-corrected chi connectivity index (χ4v) is 3.04. The molecule has 1 unspecified atom stereocenters. The summed E-state index contributed by atoms with van der Waals surface area (Å²) in [4.78, 5) is 21.6. The summed E-state index contributed by atoms with van der Waals surface area (Å²) in [5, 5.41) is 3.82. The number of benzene rings is 2. The smallest absolute Gasteiger partial charge is 0.270 e. The molecule has 4 aromatic rings. The topological polar surface area (TPSA) is 59.8 Å². The van der Waals surface area contributed by atoms with Gasteiger partial charge in [0, 0.05) is 30.4 Å². The third kappa shape index (κ3) is 3.29. The van der Waals surface area contributed by atoms with E-state index in [0.29, 0.717) is 11.4 Å². The molecule has 1 amide bonds. The van der Waals surface area contributed by atoms with Gasteiger partial charge in [-0.3, -0.25) is 4.79 Å². The summed E-state index contributed by atoms with van der Waals surface area (Å²) in [7, 11) is 1.80. The largest absolute Gasteiger partial charge is 0.337 e. The number of hydrogen-bond acceptors (Lipinski definition) is 3. The molecule has 0 bridgehead atoms. The van der Waals surface area contributed by atoms with Gasteiger partial charge in [-0.25, -0.2) is 14.4 Å². The predicted molar refractivity (Wildman–Crippen MR) is 101 cm³/mol. The number of carbonyl (C=O) groups excluding carboxylic acids is 1. The van der Waals surface area contributed by atoms with Gasteiger partial charge in [-0.15, -0.1) is 0 Å². The van der Waals surface area contributed by atoms with Gasteiger partial charge in [-0.1, -0.05) is 42.5 Å². The highest BCUT2D eigenvalue weighted by molar-refractivity contribution is 5.95. The van der Waals surface area contributed by atoms with Crippen LogP contribution in [0.4, 0.5) is 4.39 Å². The minimum Gasteiger partial charge on any atom is -0.337 e. The lowest BCUT2D eigenvalue weighted by molar-refractivity contribution is 0.0936. The van der Waals surface area contributed by atoms with Crippen LogP contribution in [0, 0.1) is 5.82 Å². The van der Waals surface area contributed by atoms with Crippen molar-refractivity contribution in [2.24, 2.45) is 7.05 Å². The van der Waals surface area contributed by atoms with Crippen LogP contribution < -0.4 is 5.32 Å². The third-order valence-electron chi connectivity index (χ3n) is 4.44. The van der Waals surface area contributed by atoms with Crippen LogP contribution in [-0.2, 0) is 7.05 Å². The maximum absolute atomic E-state index is 14.4. The minimum atomic E-state index is -0.730. The Bertz CT molecular complexity index is 1120. The highest BCUT2D eigenvalue weighted by atomic mass is 19.1. The zero-order chi connectivity index (χ0) is 18.8. The molecule has 6 heteroatoms. The quantitative estimate of drug-likeness (QED) is 0.605. The molecule has 0 saturated carbocycles. The molecule has 0 saturated heterocycles. The zero-order valence-electron chi connectivity index (χ0n) is 14.6.